The zero-order valence-corrected chi connectivity index (χ0v) is 25.8. The molecule has 1 aromatic heterocycles. The van der Waals surface area contributed by atoms with Gasteiger partial charge in [0.05, 0.1) is 18.4 Å². The molecule has 1 N–H and O–H groups in total. The molecule has 4 aromatic rings. The zero-order chi connectivity index (χ0) is 32.8. The number of urea groups is 1. The van der Waals surface area contributed by atoms with Gasteiger partial charge in [0.15, 0.2) is 11.0 Å². The van der Waals surface area contributed by atoms with E-state index in [1.54, 1.807) is 31.4 Å². The first-order valence-electron chi connectivity index (χ1n) is 14.0. The number of alkyl halides is 3. The van der Waals surface area contributed by atoms with E-state index in [2.05, 4.69) is 45.0 Å². The first-order chi connectivity index (χ1) is 22.0. The number of nitriles is 1. The monoisotopic (exact) mass is 647 g/mol. The SMILES string of the molecule is COc1ccc(N2CCS/C2=N\C(=O)N/C=C(\C#N)c2ccc(-c3ncn(-c4ccc(OC(F)(F)F)cc4)n3)cc2)c(C(C)C)c1. The van der Waals surface area contributed by atoms with Crippen LogP contribution < -0.4 is 19.7 Å². The molecule has 0 unspecified atom stereocenters. The number of aromatic nitrogens is 3. The van der Waals surface area contributed by atoms with Gasteiger partial charge in [0, 0.05) is 29.7 Å². The van der Waals surface area contributed by atoms with Crippen LogP contribution in [0.15, 0.2) is 84.2 Å². The molecule has 0 saturated carbocycles. The Labute approximate surface area is 267 Å². The second-order valence-electron chi connectivity index (χ2n) is 10.2. The number of halogens is 3. The van der Waals surface area contributed by atoms with E-state index in [4.69, 9.17) is 4.74 Å². The number of benzene rings is 3. The van der Waals surface area contributed by atoms with Crippen LogP contribution in [0.25, 0.3) is 22.6 Å². The molecule has 2 heterocycles. The van der Waals surface area contributed by atoms with Crippen LogP contribution in [0.5, 0.6) is 11.5 Å². The Bertz CT molecular complexity index is 1810. The summed E-state index contributed by atoms with van der Waals surface area (Å²) >= 11 is 1.48. The number of nitrogens with one attached hydrogen (secondary N) is 1. The van der Waals surface area contributed by atoms with Crippen molar-refractivity contribution >= 4 is 34.2 Å². The van der Waals surface area contributed by atoms with Crippen molar-refractivity contribution < 1.29 is 27.4 Å². The summed E-state index contributed by atoms with van der Waals surface area (Å²) in [5.41, 5.74) is 3.95. The number of ether oxygens (including phenoxy) is 2. The van der Waals surface area contributed by atoms with E-state index in [-0.39, 0.29) is 17.2 Å². The van der Waals surface area contributed by atoms with Gasteiger partial charge in [-0.25, -0.2) is 14.5 Å². The van der Waals surface area contributed by atoms with E-state index in [0.29, 0.717) is 34.4 Å². The van der Waals surface area contributed by atoms with Gasteiger partial charge in [0.25, 0.3) is 0 Å². The third-order valence-corrected chi connectivity index (χ3v) is 7.82. The summed E-state index contributed by atoms with van der Waals surface area (Å²) in [5.74, 6) is 1.79. The minimum atomic E-state index is -4.78. The topological polar surface area (TPSA) is 118 Å². The fourth-order valence-corrected chi connectivity index (χ4v) is 5.59. The molecule has 1 saturated heterocycles. The van der Waals surface area contributed by atoms with Crippen LogP contribution in [0.4, 0.5) is 23.7 Å². The highest BCUT2D eigenvalue weighted by atomic mass is 32.2. The Morgan fingerprint density at radius 1 is 1.11 bits per heavy atom. The standard InChI is InChI=1S/C32H28F3N7O3S/c1-20(2)27-16-26(44-3)12-13-28(27)41-14-15-46-31(41)39-30(43)37-18-23(17-36)21-4-6-22(7-5-21)29-38-19-42(40-29)24-8-10-25(11-9-24)45-32(33,34)35/h4-13,16,18-20H,14-15H2,1-3H3,(H,37,43)/b23-18+,39-31-. The Hall–Kier alpha value is -5.29. The highest BCUT2D eigenvalue weighted by molar-refractivity contribution is 8.14. The third-order valence-electron chi connectivity index (χ3n) is 6.86. The average Bonchev–Trinajstić information content (AvgIpc) is 3.71. The Morgan fingerprint density at radius 3 is 2.48 bits per heavy atom. The van der Waals surface area contributed by atoms with Gasteiger partial charge in [0.2, 0.25) is 0 Å². The number of hydrogen-bond donors (Lipinski definition) is 1. The Kier molecular flexibility index (Phi) is 9.62. The van der Waals surface area contributed by atoms with E-state index >= 15 is 0 Å². The molecule has 2 amide bonds. The average molecular weight is 648 g/mol. The summed E-state index contributed by atoms with van der Waals surface area (Å²) in [6, 6.07) is 19.4. The molecule has 0 bridgehead atoms. The molecule has 46 heavy (non-hydrogen) atoms. The van der Waals surface area contributed by atoms with E-state index < -0.39 is 12.4 Å². The molecular formula is C32H28F3N7O3S. The molecule has 10 nitrogen and oxygen atoms in total. The number of carbonyl (C=O) groups excluding carboxylic acids is 1. The van der Waals surface area contributed by atoms with E-state index in [9.17, 15) is 23.2 Å². The maximum atomic E-state index is 12.8. The minimum Gasteiger partial charge on any atom is -0.497 e. The molecule has 0 atom stereocenters. The smallest absolute Gasteiger partial charge is 0.497 e. The van der Waals surface area contributed by atoms with Gasteiger partial charge in [-0.2, -0.15) is 10.3 Å². The van der Waals surface area contributed by atoms with Crippen molar-refractivity contribution in [2.45, 2.75) is 26.1 Å². The number of rotatable bonds is 8. The van der Waals surface area contributed by atoms with Crippen molar-refractivity contribution in [1.29, 1.82) is 5.26 Å². The van der Waals surface area contributed by atoms with Crippen molar-refractivity contribution in [3.8, 4) is 34.6 Å². The van der Waals surface area contributed by atoms with Gasteiger partial charge in [0.1, 0.15) is 23.9 Å². The van der Waals surface area contributed by atoms with Crippen LogP contribution in [-0.4, -0.2) is 51.7 Å². The summed E-state index contributed by atoms with van der Waals surface area (Å²) in [7, 11) is 1.63. The number of thioether (sulfide) groups is 1. The van der Waals surface area contributed by atoms with Crippen LogP contribution in [-0.2, 0) is 0 Å². The number of carbonyl (C=O) groups is 1. The fourth-order valence-electron chi connectivity index (χ4n) is 4.64. The molecule has 1 aliphatic rings. The molecule has 1 fully saturated rings. The molecular weight excluding hydrogens is 619 g/mol. The molecule has 3 aromatic carbocycles. The number of nitrogens with zero attached hydrogens (tertiary/aromatic N) is 6. The second-order valence-corrected chi connectivity index (χ2v) is 11.3. The van der Waals surface area contributed by atoms with E-state index in [0.717, 1.165) is 22.8 Å². The lowest BCUT2D eigenvalue weighted by molar-refractivity contribution is -0.274. The molecule has 0 spiro atoms. The summed E-state index contributed by atoms with van der Waals surface area (Å²) < 4.78 is 48.0. The number of amidine groups is 1. The van der Waals surface area contributed by atoms with Crippen LogP contribution in [0.1, 0.15) is 30.9 Å². The van der Waals surface area contributed by atoms with Crippen molar-refractivity contribution in [3.05, 3.63) is 90.4 Å². The van der Waals surface area contributed by atoms with Crippen molar-refractivity contribution in [1.82, 2.24) is 20.1 Å². The van der Waals surface area contributed by atoms with Crippen molar-refractivity contribution in [3.63, 3.8) is 0 Å². The minimum absolute atomic E-state index is 0.216. The molecule has 5 rings (SSSR count). The molecule has 0 aliphatic carbocycles. The lowest BCUT2D eigenvalue weighted by Gasteiger charge is -2.23. The molecule has 236 valence electrons. The number of hydrogen-bond acceptors (Lipinski definition) is 7. The number of anilines is 1. The first-order valence-corrected chi connectivity index (χ1v) is 15.0. The molecule has 0 radical (unpaired) electrons. The summed E-state index contributed by atoms with van der Waals surface area (Å²) in [6.07, 6.45) is -2.03. The van der Waals surface area contributed by atoms with Crippen molar-refractivity contribution in [2.24, 2.45) is 4.99 Å². The lowest BCUT2D eigenvalue weighted by atomic mass is 10.00. The van der Waals surface area contributed by atoms with Crippen LogP contribution in [0, 0.1) is 11.3 Å². The summed E-state index contributed by atoms with van der Waals surface area (Å²) in [4.78, 5) is 23.4. The van der Waals surface area contributed by atoms with Gasteiger partial charge >= 0.3 is 12.4 Å². The quantitative estimate of drug-likeness (QED) is 0.201. The van der Waals surface area contributed by atoms with Crippen molar-refractivity contribution in [2.75, 3.05) is 24.3 Å². The molecule has 14 heteroatoms. The number of allylic oxidation sites excluding steroid dienone is 1. The van der Waals surface area contributed by atoms with Crippen LogP contribution >= 0.6 is 11.8 Å². The van der Waals surface area contributed by atoms with Gasteiger partial charge in [-0.05, 0) is 59.5 Å². The van der Waals surface area contributed by atoms with Gasteiger partial charge < -0.3 is 19.7 Å². The normalized spacial score (nSPS) is 14.4. The Balaban J connectivity index is 1.26. The van der Waals surface area contributed by atoms with Crippen LogP contribution in [0.2, 0.25) is 0 Å². The van der Waals surface area contributed by atoms with Crippen LogP contribution in [0.3, 0.4) is 0 Å². The van der Waals surface area contributed by atoms with Gasteiger partial charge in [-0.3, -0.25) is 0 Å². The fraction of sp³-hybridized carbons (Fsp3) is 0.219. The summed E-state index contributed by atoms with van der Waals surface area (Å²) in [6.45, 7) is 4.89. The maximum Gasteiger partial charge on any atom is 0.573 e. The Morgan fingerprint density at radius 2 is 1.83 bits per heavy atom. The van der Waals surface area contributed by atoms with E-state index in [1.807, 2.05) is 23.1 Å². The van der Waals surface area contributed by atoms with E-state index in [1.165, 1.54) is 53.2 Å². The number of methoxy groups -OCH3 is 1. The highest BCUT2D eigenvalue weighted by Crippen LogP contribution is 2.35. The highest BCUT2D eigenvalue weighted by Gasteiger charge is 2.31. The largest absolute Gasteiger partial charge is 0.573 e. The number of amides is 2. The van der Waals surface area contributed by atoms with Gasteiger partial charge in [-0.1, -0.05) is 49.9 Å². The zero-order valence-electron chi connectivity index (χ0n) is 24.9. The predicted molar refractivity (Wildman–Crippen MR) is 170 cm³/mol. The molecule has 1 aliphatic heterocycles. The lowest BCUT2D eigenvalue weighted by Crippen LogP contribution is -2.27. The number of aliphatic imine (C=N–C) groups is 1. The predicted octanol–water partition coefficient (Wildman–Crippen LogP) is 7.15. The van der Waals surface area contributed by atoms with Gasteiger partial charge in [-0.15, -0.1) is 18.3 Å². The summed E-state index contributed by atoms with van der Waals surface area (Å²) in [5, 5.41) is 17.3. The second kappa shape index (κ2) is 13.8. The maximum absolute atomic E-state index is 12.8. The first kappa shape index (κ1) is 32.1. The third kappa shape index (κ3) is 7.67.